The Bertz CT molecular complexity index is 718. The molecule has 0 bridgehead atoms. The van der Waals surface area contributed by atoms with Crippen LogP contribution in [0.4, 0.5) is 0 Å². The maximum absolute atomic E-state index is 10.3. The zero-order valence-electron chi connectivity index (χ0n) is 15.4. The van der Waals surface area contributed by atoms with E-state index in [1.807, 2.05) is 62.4 Å². The molecule has 0 amide bonds. The van der Waals surface area contributed by atoms with Crippen molar-refractivity contribution < 1.29 is 24.4 Å². The van der Waals surface area contributed by atoms with Crippen LogP contribution in [0.2, 0.25) is 0 Å². The molecule has 3 rings (SSSR count). The van der Waals surface area contributed by atoms with Gasteiger partial charge in [-0.05, 0) is 38.1 Å². The molecule has 0 spiro atoms. The fraction of sp³-hybridized carbons (Fsp3) is 0.429. The van der Waals surface area contributed by atoms with Crippen LogP contribution in [0, 0.1) is 13.8 Å². The number of benzene rings is 2. The number of hydrogen-bond donors (Lipinski definition) is 2. The second-order valence-electron chi connectivity index (χ2n) is 6.86. The Labute approximate surface area is 164 Å². The van der Waals surface area contributed by atoms with Gasteiger partial charge in [0.25, 0.3) is 0 Å². The van der Waals surface area contributed by atoms with Gasteiger partial charge < -0.3 is 24.4 Å². The maximum Gasteiger partial charge on any atom is 0.156 e. The summed E-state index contributed by atoms with van der Waals surface area (Å²) in [5.41, 5.74) is 1.67. The molecule has 2 N–H and O–H groups in total. The summed E-state index contributed by atoms with van der Waals surface area (Å²) in [4.78, 5) is 0. The van der Waals surface area contributed by atoms with Crippen molar-refractivity contribution in [3.05, 3.63) is 59.7 Å². The van der Waals surface area contributed by atoms with Crippen molar-refractivity contribution >= 4 is 11.6 Å². The topological polar surface area (TPSA) is 68.2 Å². The molecule has 1 aliphatic rings. The average Bonchev–Trinajstić information content (AvgIpc) is 3.02. The highest BCUT2D eigenvalue weighted by Gasteiger charge is 2.45. The third-order valence-electron chi connectivity index (χ3n) is 4.58. The van der Waals surface area contributed by atoms with Crippen LogP contribution in [-0.2, 0) is 4.74 Å². The number of halogens is 1. The number of alkyl halides is 1. The van der Waals surface area contributed by atoms with Crippen LogP contribution in [0.1, 0.15) is 17.5 Å². The molecule has 0 aliphatic carbocycles. The summed E-state index contributed by atoms with van der Waals surface area (Å²) >= 11 is 6.21. The Morgan fingerprint density at radius 1 is 1.04 bits per heavy atom. The normalized spacial score (nSPS) is 24.4. The van der Waals surface area contributed by atoms with Gasteiger partial charge in [-0.1, -0.05) is 47.0 Å². The minimum absolute atomic E-state index is 0.410. The van der Waals surface area contributed by atoms with E-state index in [9.17, 15) is 10.2 Å². The lowest BCUT2D eigenvalue weighted by atomic mass is 10.0. The molecule has 1 unspecified atom stereocenters. The van der Waals surface area contributed by atoms with Crippen LogP contribution in [0.25, 0.3) is 0 Å². The number of ether oxygens (including phenoxy) is 3. The summed E-state index contributed by atoms with van der Waals surface area (Å²) in [6.45, 7) is 3.52. The summed E-state index contributed by atoms with van der Waals surface area (Å²) < 4.78 is 17.8. The first-order valence-corrected chi connectivity index (χ1v) is 9.45. The highest BCUT2D eigenvalue weighted by molar-refractivity contribution is 6.19. The third kappa shape index (κ3) is 5.14. The molecule has 146 valence electrons. The molecule has 1 fully saturated rings. The van der Waals surface area contributed by atoms with Gasteiger partial charge in [-0.25, -0.2) is 0 Å². The summed E-state index contributed by atoms with van der Waals surface area (Å²) in [6.07, 6.45) is -2.55. The summed E-state index contributed by atoms with van der Waals surface area (Å²) in [6, 6.07) is 15.1. The van der Waals surface area contributed by atoms with Crippen LogP contribution in [-0.4, -0.2) is 46.8 Å². The maximum atomic E-state index is 10.3. The molecule has 27 heavy (non-hydrogen) atoms. The fourth-order valence-corrected chi connectivity index (χ4v) is 3.36. The van der Waals surface area contributed by atoms with E-state index in [0.717, 1.165) is 11.1 Å². The lowest BCUT2D eigenvalue weighted by Crippen LogP contribution is -2.49. The van der Waals surface area contributed by atoms with Crippen LogP contribution >= 0.6 is 11.6 Å². The third-order valence-corrected chi connectivity index (χ3v) is 4.86. The van der Waals surface area contributed by atoms with Crippen molar-refractivity contribution in [2.75, 3.05) is 6.61 Å². The molecule has 5 nitrogen and oxygen atoms in total. The van der Waals surface area contributed by atoms with Gasteiger partial charge in [-0.3, -0.25) is 0 Å². The first kappa shape index (κ1) is 20.0. The van der Waals surface area contributed by atoms with E-state index in [1.54, 1.807) is 0 Å². The van der Waals surface area contributed by atoms with Gasteiger partial charge in [-0.15, -0.1) is 0 Å². The van der Waals surface area contributed by atoms with Crippen LogP contribution in [0.3, 0.4) is 0 Å². The predicted molar refractivity (Wildman–Crippen MR) is 103 cm³/mol. The molecule has 1 heterocycles. The lowest BCUT2D eigenvalue weighted by Gasteiger charge is -2.31. The van der Waals surface area contributed by atoms with Gasteiger partial charge >= 0.3 is 0 Å². The lowest BCUT2D eigenvalue weighted by molar-refractivity contribution is -0.0951. The Balaban J connectivity index is 1.79. The summed E-state index contributed by atoms with van der Waals surface area (Å²) in [5, 5.41) is 19.8. The first-order valence-electron chi connectivity index (χ1n) is 9.01. The molecule has 2 aromatic rings. The smallest absolute Gasteiger partial charge is 0.156 e. The van der Waals surface area contributed by atoms with Gasteiger partial charge in [-0.2, -0.15) is 0 Å². The van der Waals surface area contributed by atoms with Gasteiger partial charge in [0.15, 0.2) is 6.10 Å². The van der Waals surface area contributed by atoms with Crippen molar-refractivity contribution in [2.45, 2.75) is 50.2 Å². The molecule has 1 saturated heterocycles. The minimum Gasteiger partial charge on any atom is -0.487 e. The zero-order valence-corrected chi connectivity index (χ0v) is 16.2. The van der Waals surface area contributed by atoms with Crippen molar-refractivity contribution in [3.63, 3.8) is 0 Å². The predicted octanol–water partition coefficient (Wildman–Crippen LogP) is 3.21. The zero-order chi connectivity index (χ0) is 19.4. The number of aryl methyl sites for hydroxylation is 2. The van der Waals surface area contributed by atoms with E-state index in [-0.39, 0.29) is 0 Å². The highest BCUT2D eigenvalue weighted by Crippen LogP contribution is 2.32. The SMILES string of the molecule is Cc1ccc(O[C@H]([C@H]2OC(Cl)C[C@@H]2Oc2ccc(C)cc2)[C@H](O)CO)cc1. The van der Waals surface area contributed by atoms with E-state index >= 15 is 0 Å². The van der Waals surface area contributed by atoms with Crippen LogP contribution < -0.4 is 9.47 Å². The average molecular weight is 393 g/mol. The Hall–Kier alpha value is -1.79. The van der Waals surface area contributed by atoms with E-state index in [4.69, 9.17) is 25.8 Å². The first-order chi connectivity index (χ1) is 13.0. The minimum atomic E-state index is -1.14. The largest absolute Gasteiger partial charge is 0.487 e. The molecule has 5 atom stereocenters. The summed E-state index contributed by atoms with van der Waals surface area (Å²) in [5.74, 6) is 1.27. The molecule has 0 saturated carbocycles. The second kappa shape index (κ2) is 8.93. The van der Waals surface area contributed by atoms with Crippen molar-refractivity contribution in [2.24, 2.45) is 0 Å². The van der Waals surface area contributed by atoms with E-state index in [0.29, 0.717) is 17.9 Å². The van der Waals surface area contributed by atoms with E-state index < -0.39 is 36.6 Å². The molecule has 6 heteroatoms. The van der Waals surface area contributed by atoms with Crippen LogP contribution in [0.5, 0.6) is 11.5 Å². The number of aliphatic hydroxyl groups is 2. The fourth-order valence-electron chi connectivity index (χ4n) is 3.07. The Morgan fingerprint density at radius 2 is 1.59 bits per heavy atom. The van der Waals surface area contributed by atoms with Gasteiger partial charge in [0.05, 0.1) is 6.61 Å². The molecular weight excluding hydrogens is 368 g/mol. The molecular formula is C21H25ClO5. The monoisotopic (exact) mass is 392 g/mol. The van der Waals surface area contributed by atoms with E-state index in [1.165, 1.54) is 0 Å². The Morgan fingerprint density at radius 3 is 2.15 bits per heavy atom. The molecule has 0 radical (unpaired) electrons. The highest BCUT2D eigenvalue weighted by atomic mass is 35.5. The molecule has 1 aliphatic heterocycles. The van der Waals surface area contributed by atoms with Crippen molar-refractivity contribution in [3.8, 4) is 11.5 Å². The van der Waals surface area contributed by atoms with Crippen LogP contribution in [0.15, 0.2) is 48.5 Å². The van der Waals surface area contributed by atoms with E-state index in [2.05, 4.69) is 0 Å². The van der Waals surface area contributed by atoms with Gasteiger partial charge in [0.1, 0.15) is 35.4 Å². The number of hydrogen-bond acceptors (Lipinski definition) is 5. The van der Waals surface area contributed by atoms with Crippen molar-refractivity contribution in [1.82, 2.24) is 0 Å². The van der Waals surface area contributed by atoms with Crippen molar-refractivity contribution in [1.29, 1.82) is 0 Å². The quantitative estimate of drug-likeness (QED) is 0.708. The number of rotatable bonds is 7. The standard InChI is InChI=1S/C21H25ClO5/c1-13-3-7-15(8-4-13)25-18-11-19(22)27-21(18)20(17(24)12-23)26-16-9-5-14(2)6-10-16/h3-10,17-21,23-24H,11-12H2,1-2H3/t17-,18+,19?,20+,21+/m1/s1. The Kier molecular flexibility index (Phi) is 6.60. The molecule has 0 aromatic heterocycles. The second-order valence-corrected chi connectivity index (χ2v) is 7.35. The van der Waals surface area contributed by atoms with Gasteiger partial charge in [0.2, 0.25) is 0 Å². The summed E-state index contributed by atoms with van der Waals surface area (Å²) in [7, 11) is 0. The molecule has 2 aromatic carbocycles. The number of aliphatic hydroxyl groups excluding tert-OH is 2. The van der Waals surface area contributed by atoms with Gasteiger partial charge in [0, 0.05) is 6.42 Å².